The first-order valence-electron chi connectivity index (χ1n) is 17.9. The highest BCUT2D eigenvalue weighted by atomic mass is 16.3. The predicted octanol–water partition coefficient (Wildman–Crippen LogP) is 13.8. The lowest BCUT2D eigenvalue weighted by molar-refractivity contribution is 0.585. The second-order valence-corrected chi connectivity index (χ2v) is 13.4. The Bertz CT molecular complexity index is 2840. The quantitative estimate of drug-likeness (QED) is 0.165. The summed E-state index contributed by atoms with van der Waals surface area (Å²) in [5, 5.41) is 7.21. The minimum Gasteiger partial charge on any atom is -0.434 e. The molecule has 8 aromatic carbocycles. The van der Waals surface area contributed by atoms with Crippen molar-refractivity contribution in [1.82, 2.24) is 4.98 Å². The van der Waals surface area contributed by atoms with Gasteiger partial charge in [0.2, 0.25) is 5.89 Å². The molecule has 0 atom stereocenters. The SMILES string of the molecule is C1=CC(c2nc3c(o2)c(N(c2ccc(-c4cc5ccccc5c5ccccc45)cc2)c2cccc(-c4ccccc4)c2)cc2ccccc23)=CCC1. The fourth-order valence-electron chi connectivity index (χ4n) is 7.75. The van der Waals surface area contributed by atoms with Crippen molar-refractivity contribution in [2.45, 2.75) is 12.8 Å². The van der Waals surface area contributed by atoms with Crippen LogP contribution in [0.3, 0.4) is 0 Å². The van der Waals surface area contributed by atoms with Crippen molar-refractivity contribution in [2.24, 2.45) is 0 Å². The molecule has 0 amide bonds. The smallest absolute Gasteiger partial charge is 0.227 e. The van der Waals surface area contributed by atoms with Crippen LogP contribution in [0.5, 0.6) is 0 Å². The number of allylic oxidation sites excluding steroid dienone is 4. The number of oxazole rings is 1. The van der Waals surface area contributed by atoms with Crippen molar-refractivity contribution in [3.05, 3.63) is 188 Å². The summed E-state index contributed by atoms with van der Waals surface area (Å²) < 4.78 is 6.80. The zero-order valence-electron chi connectivity index (χ0n) is 28.5. The number of aromatic nitrogens is 1. The molecule has 0 unspecified atom stereocenters. The largest absolute Gasteiger partial charge is 0.434 e. The van der Waals surface area contributed by atoms with Gasteiger partial charge in [-0.2, -0.15) is 0 Å². The first-order chi connectivity index (χ1) is 25.8. The highest BCUT2D eigenvalue weighted by Gasteiger charge is 2.23. The number of hydrogen-bond acceptors (Lipinski definition) is 3. The Kier molecular flexibility index (Phi) is 7.28. The molecule has 0 saturated heterocycles. The van der Waals surface area contributed by atoms with E-state index in [1.807, 2.05) is 0 Å². The summed E-state index contributed by atoms with van der Waals surface area (Å²) in [6, 6.07) is 58.7. The first-order valence-corrected chi connectivity index (χ1v) is 17.9. The van der Waals surface area contributed by atoms with Crippen LogP contribution in [0, 0.1) is 0 Å². The second-order valence-electron chi connectivity index (χ2n) is 13.4. The molecule has 0 bridgehead atoms. The second kappa shape index (κ2) is 12.6. The fourth-order valence-corrected chi connectivity index (χ4v) is 7.75. The molecule has 0 spiro atoms. The number of nitrogens with zero attached hydrogens (tertiary/aromatic N) is 2. The lowest BCUT2D eigenvalue weighted by Gasteiger charge is -2.26. The van der Waals surface area contributed by atoms with Gasteiger partial charge in [0, 0.05) is 22.3 Å². The highest BCUT2D eigenvalue weighted by molar-refractivity contribution is 6.14. The Hall–Kier alpha value is -6.71. The summed E-state index contributed by atoms with van der Waals surface area (Å²) >= 11 is 0. The minimum absolute atomic E-state index is 0.653. The van der Waals surface area contributed by atoms with Gasteiger partial charge in [0.05, 0.1) is 5.69 Å². The van der Waals surface area contributed by atoms with Crippen LogP contribution < -0.4 is 4.90 Å². The van der Waals surface area contributed by atoms with E-state index < -0.39 is 0 Å². The lowest BCUT2D eigenvalue weighted by atomic mass is 9.93. The van der Waals surface area contributed by atoms with Gasteiger partial charge in [-0.3, -0.25) is 0 Å². The molecule has 9 aromatic rings. The monoisotopic (exact) mass is 666 g/mol. The zero-order chi connectivity index (χ0) is 34.4. The van der Waals surface area contributed by atoms with Crippen molar-refractivity contribution >= 4 is 66.1 Å². The minimum atomic E-state index is 0.653. The molecule has 0 saturated carbocycles. The van der Waals surface area contributed by atoms with Crippen molar-refractivity contribution in [2.75, 3.05) is 4.90 Å². The van der Waals surface area contributed by atoms with E-state index in [1.165, 1.54) is 38.2 Å². The molecule has 0 N–H and O–H groups in total. The van der Waals surface area contributed by atoms with E-state index in [0.717, 1.165) is 62.9 Å². The molecule has 0 radical (unpaired) electrons. The van der Waals surface area contributed by atoms with Gasteiger partial charge in [-0.25, -0.2) is 4.98 Å². The molecule has 0 aliphatic heterocycles. The van der Waals surface area contributed by atoms with Gasteiger partial charge in [0.1, 0.15) is 5.52 Å². The van der Waals surface area contributed by atoms with Crippen molar-refractivity contribution in [3.63, 3.8) is 0 Å². The van der Waals surface area contributed by atoms with Crippen molar-refractivity contribution in [1.29, 1.82) is 0 Å². The van der Waals surface area contributed by atoms with Gasteiger partial charge < -0.3 is 9.32 Å². The van der Waals surface area contributed by atoms with Gasteiger partial charge in [-0.1, -0.05) is 146 Å². The Balaban J connectivity index is 1.19. The maximum Gasteiger partial charge on any atom is 0.227 e. The van der Waals surface area contributed by atoms with Crippen LogP contribution in [-0.2, 0) is 0 Å². The molecule has 10 rings (SSSR count). The molecular weight excluding hydrogens is 633 g/mol. The number of fused-ring (bicyclic) bond motifs is 6. The molecule has 246 valence electrons. The van der Waals surface area contributed by atoms with Crippen molar-refractivity contribution < 1.29 is 4.42 Å². The number of benzene rings is 8. The Morgan fingerprint density at radius 2 is 1.19 bits per heavy atom. The maximum atomic E-state index is 6.80. The molecule has 1 aromatic heterocycles. The molecule has 1 aliphatic rings. The summed E-state index contributed by atoms with van der Waals surface area (Å²) in [4.78, 5) is 7.48. The molecule has 1 aliphatic carbocycles. The van der Waals surface area contributed by atoms with Gasteiger partial charge in [0.25, 0.3) is 0 Å². The van der Waals surface area contributed by atoms with Gasteiger partial charge in [-0.15, -0.1) is 0 Å². The third-order valence-corrected chi connectivity index (χ3v) is 10.3. The van der Waals surface area contributed by atoms with E-state index in [2.05, 4.69) is 187 Å². The third kappa shape index (κ3) is 5.18. The summed E-state index contributed by atoms with van der Waals surface area (Å²) in [7, 11) is 0. The molecular formula is C49H34N2O. The van der Waals surface area contributed by atoms with Gasteiger partial charge >= 0.3 is 0 Å². The van der Waals surface area contributed by atoms with E-state index in [4.69, 9.17) is 9.40 Å². The standard InChI is InChI=1S/C49H34N2O/c1-3-14-33(15-4-1)36-20-13-21-40(30-36)51(46-32-38-19-8-10-23-42(38)47-48(46)52-49(50-47)35-16-5-2-6-17-35)39-28-26-34(27-29-39)45-31-37-18-7-9-22-41(37)43-24-11-12-25-44(43)45/h1,3-5,7-32H,2,6H2. The lowest BCUT2D eigenvalue weighted by Crippen LogP contribution is -2.10. The van der Waals surface area contributed by atoms with Crippen LogP contribution >= 0.6 is 0 Å². The van der Waals surface area contributed by atoms with Crippen LogP contribution in [0.25, 0.3) is 71.2 Å². The van der Waals surface area contributed by atoms with E-state index in [0.29, 0.717) is 5.89 Å². The average Bonchev–Trinajstić information content (AvgIpc) is 3.68. The Labute approximate surface area is 302 Å². The van der Waals surface area contributed by atoms with E-state index >= 15 is 0 Å². The van der Waals surface area contributed by atoms with E-state index in [9.17, 15) is 0 Å². The molecule has 1 heterocycles. The van der Waals surface area contributed by atoms with E-state index in [-0.39, 0.29) is 0 Å². The molecule has 3 heteroatoms. The summed E-state index contributed by atoms with van der Waals surface area (Å²) in [5.74, 6) is 0.653. The first kappa shape index (κ1) is 30.1. The Morgan fingerprint density at radius 1 is 0.500 bits per heavy atom. The van der Waals surface area contributed by atoms with Gasteiger partial charge in [0.15, 0.2) is 5.58 Å². The predicted molar refractivity (Wildman–Crippen MR) is 218 cm³/mol. The summed E-state index contributed by atoms with van der Waals surface area (Å²) in [5.41, 5.74) is 10.4. The number of rotatable bonds is 6. The number of anilines is 3. The van der Waals surface area contributed by atoms with Crippen LogP contribution in [0.2, 0.25) is 0 Å². The van der Waals surface area contributed by atoms with Crippen LogP contribution in [0.15, 0.2) is 186 Å². The van der Waals surface area contributed by atoms with Crippen LogP contribution in [0.1, 0.15) is 18.7 Å². The highest BCUT2D eigenvalue weighted by Crippen LogP contribution is 2.45. The molecule has 0 fully saturated rings. The van der Waals surface area contributed by atoms with Crippen molar-refractivity contribution in [3.8, 4) is 22.3 Å². The zero-order valence-corrected chi connectivity index (χ0v) is 28.5. The number of hydrogen-bond donors (Lipinski definition) is 0. The Morgan fingerprint density at radius 3 is 1.98 bits per heavy atom. The topological polar surface area (TPSA) is 29.3 Å². The third-order valence-electron chi connectivity index (χ3n) is 10.3. The van der Waals surface area contributed by atoms with Crippen LogP contribution in [0.4, 0.5) is 17.1 Å². The van der Waals surface area contributed by atoms with E-state index in [1.54, 1.807) is 0 Å². The normalized spacial score (nSPS) is 12.9. The maximum absolute atomic E-state index is 6.80. The van der Waals surface area contributed by atoms with Crippen LogP contribution in [-0.4, -0.2) is 4.98 Å². The average molecular weight is 667 g/mol. The summed E-state index contributed by atoms with van der Waals surface area (Å²) in [6.45, 7) is 0. The molecule has 52 heavy (non-hydrogen) atoms. The fraction of sp³-hybridized carbons (Fsp3) is 0.0408. The molecule has 3 nitrogen and oxygen atoms in total. The summed E-state index contributed by atoms with van der Waals surface area (Å²) in [6.07, 6.45) is 8.57. The van der Waals surface area contributed by atoms with Gasteiger partial charge in [-0.05, 0) is 98.4 Å².